The number of hydrogen-bond donors (Lipinski definition) is 1. The highest BCUT2D eigenvalue weighted by atomic mass is 35.5. The molecule has 3 nitrogen and oxygen atoms in total. The fourth-order valence-electron chi connectivity index (χ4n) is 2.40. The molecule has 0 amide bonds. The van der Waals surface area contributed by atoms with Crippen LogP contribution >= 0.6 is 11.6 Å². The molecule has 0 aliphatic carbocycles. The number of rotatable bonds is 3. The number of benzene rings is 1. The summed E-state index contributed by atoms with van der Waals surface area (Å²) in [6.45, 7) is 2.45. The number of pyridine rings is 1. The highest BCUT2D eigenvalue weighted by molar-refractivity contribution is 6.30. The van der Waals surface area contributed by atoms with Gasteiger partial charge in [-0.3, -0.25) is 4.98 Å². The first-order valence-electron chi connectivity index (χ1n) is 6.93. The van der Waals surface area contributed by atoms with Crippen LogP contribution in [0.5, 0.6) is 0 Å². The Kier molecular flexibility index (Phi) is 4.48. The van der Waals surface area contributed by atoms with Crippen LogP contribution in [0, 0.1) is 5.82 Å². The first kappa shape index (κ1) is 14.4. The molecule has 0 unspecified atom stereocenters. The third-order valence-electron chi connectivity index (χ3n) is 3.53. The minimum atomic E-state index is -0.369. The Hall–Kier alpha value is -1.49. The highest BCUT2D eigenvalue weighted by Gasteiger charge is 2.15. The van der Waals surface area contributed by atoms with Gasteiger partial charge in [-0.05, 0) is 17.2 Å². The van der Waals surface area contributed by atoms with Crippen molar-refractivity contribution in [2.75, 3.05) is 19.7 Å². The number of ether oxygens (including phenoxy) is 1. The fourth-order valence-corrected chi connectivity index (χ4v) is 2.54. The van der Waals surface area contributed by atoms with Gasteiger partial charge in [0.1, 0.15) is 5.82 Å². The maximum atomic E-state index is 13.7. The third-order valence-corrected chi connectivity index (χ3v) is 3.74. The molecule has 2 heterocycles. The zero-order valence-corrected chi connectivity index (χ0v) is 12.2. The van der Waals surface area contributed by atoms with E-state index in [1.54, 1.807) is 0 Å². The number of nitrogens with zero attached hydrogens (tertiary/aromatic N) is 1. The van der Waals surface area contributed by atoms with Gasteiger partial charge >= 0.3 is 0 Å². The van der Waals surface area contributed by atoms with E-state index in [1.807, 2.05) is 24.3 Å². The summed E-state index contributed by atoms with van der Waals surface area (Å²) in [5, 5.41) is 3.62. The van der Waals surface area contributed by atoms with Crippen molar-refractivity contribution in [3.05, 3.63) is 64.2 Å². The van der Waals surface area contributed by atoms with E-state index in [1.165, 1.54) is 12.3 Å². The van der Waals surface area contributed by atoms with Gasteiger partial charge < -0.3 is 10.1 Å². The second-order valence-corrected chi connectivity index (χ2v) is 5.50. The van der Waals surface area contributed by atoms with Crippen molar-refractivity contribution in [2.24, 2.45) is 0 Å². The topological polar surface area (TPSA) is 34.2 Å². The zero-order valence-electron chi connectivity index (χ0n) is 11.5. The lowest BCUT2D eigenvalue weighted by molar-refractivity contribution is 0.0277. The number of morpholine rings is 1. The summed E-state index contributed by atoms with van der Waals surface area (Å²) in [4.78, 5) is 4.04. The number of hydrogen-bond acceptors (Lipinski definition) is 3. The Morgan fingerprint density at radius 1 is 1.33 bits per heavy atom. The van der Waals surface area contributed by atoms with E-state index in [0.717, 1.165) is 30.8 Å². The molecule has 0 bridgehead atoms. The predicted octanol–water partition coefficient (Wildman–Crippen LogP) is 3.13. The average Bonchev–Trinajstić information content (AvgIpc) is 2.52. The van der Waals surface area contributed by atoms with Crippen molar-refractivity contribution in [3.8, 4) is 0 Å². The van der Waals surface area contributed by atoms with Crippen molar-refractivity contribution < 1.29 is 9.13 Å². The summed E-state index contributed by atoms with van der Waals surface area (Å²) in [7, 11) is 0. The zero-order chi connectivity index (χ0) is 14.7. The summed E-state index contributed by atoms with van der Waals surface area (Å²) in [6.07, 6.45) is 2.02. The SMILES string of the molecule is Fc1cc(Cl)cnc1Cc1ccc([C@H]2CNCCO2)cc1. The highest BCUT2D eigenvalue weighted by Crippen LogP contribution is 2.21. The van der Waals surface area contributed by atoms with Crippen LogP contribution in [0.25, 0.3) is 0 Å². The molecular weight excluding hydrogens is 291 g/mol. The molecule has 1 fully saturated rings. The Bertz CT molecular complexity index is 612. The van der Waals surface area contributed by atoms with Crippen LogP contribution in [0.3, 0.4) is 0 Å². The normalized spacial score (nSPS) is 18.7. The van der Waals surface area contributed by atoms with E-state index in [2.05, 4.69) is 10.3 Å². The Labute approximate surface area is 128 Å². The van der Waals surface area contributed by atoms with E-state index in [4.69, 9.17) is 16.3 Å². The van der Waals surface area contributed by atoms with Crippen LogP contribution in [-0.2, 0) is 11.2 Å². The Balaban J connectivity index is 1.71. The summed E-state index contributed by atoms with van der Waals surface area (Å²) in [5.41, 5.74) is 2.55. The van der Waals surface area contributed by atoms with Crippen LogP contribution in [0.4, 0.5) is 4.39 Å². The van der Waals surface area contributed by atoms with Gasteiger partial charge in [0.2, 0.25) is 0 Å². The molecule has 5 heteroatoms. The molecule has 1 N–H and O–H groups in total. The molecule has 110 valence electrons. The molecule has 0 spiro atoms. The van der Waals surface area contributed by atoms with Gasteiger partial charge in [0, 0.05) is 25.7 Å². The lowest BCUT2D eigenvalue weighted by Crippen LogP contribution is -2.33. The van der Waals surface area contributed by atoms with Crippen LogP contribution in [0.1, 0.15) is 22.9 Å². The molecule has 2 aromatic rings. The maximum absolute atomic E-state index is 13.7. The van der Waals surface area contributed by atoms with Crippen molar-refractivity contribution in [1.82, 2.24) is 10.3 Å². The van der Waals surface area contributed by atoms with Crippen molar-refractivity contribution in [2.45, 2.75) is 12.5 Å². The van der Waals surface area contributed by atoms with Gasteiger partial charge in [-0.15, -0.1) is 0 Å². The minimum absolute atomic E-state index is 0.0955. The molecular formula is C16H16ClFN2O. The number of nitrogens with one attached hydrogen (secondary N) is 1. The van der Waals surface area contributed by atoms with E-state index in [9.17, 15) is 4.39 Å². The number of halogens is 2. The van der Waals surface area contributed by atoms with Crippen molar-refractivity contribution in [1.29, 1.82) is 0 Å². The summed E-state index contributed by atoms with van der Waals surface area (Å²) in [6, 6.07) is 9.33. The van der Waals surface area contributed by atoms with Gasteiger partial charge in [0.05, 0.1) is 23.4 Å². The van der Waals surface area contributed by atoms with Crippen molar-refractivity contribution in [3.63, 3.8) is 0 Å². The second-order valence-electron chi connectivity index (χ2n) is 5.06. The minimum Gasteiger partial charge on any atom is -0.371 e. The molecule has 0 radical (unpaired) electrons. The van der Waals surface area contributed by atoms with Gasteiger partial charge in [-0.2, -0.15) is 0 Å². The average molecular weight is 307 g/mol. The molecule has 1 aliphatic heterocycles. The van der Waals surface area contributed by atoms with E-state index in [-0.39, 0.29) is 11.9 Å². The van der Waals surface area contributed by atoms with Crippen LogP contribution < -0.4 is 5.32 Å². The third kappa shape index (κ3) is 3.59. The Morgan fingerprint density at radius 2 is 2.14 bits per heavy atom. The lowest BCUT2D eigenvalue weighted by Gasteiger charge is -2.24. The van der Waals surface area contributed by atoms with Gasteiger partial charge in [-0.1, -0.05) is 35.9 Å². The first-order chi connectivity index (χ1) is 10.2. The first-order valence-corrected chi connectivity index (χ1v) is 7.31. The molecule has 1 aliphatic rings. The molecule has 1 aromatic carbocycles. The molecule has 3 rings (SSSR count). The van der Waals surface area contributed by atoms with Crippen LogP contribution in [0.15, 0.2) is 36.5 Å². The summed E-state index contributed by atoms with van der Waals surface area (Å²) < 4.78 is 19.4. The maximum Gasteiger partial charge on any atom is 0.146 e. The molecule has 21 heavy (non-hydrogen) atoms. The molecule has 0 saturated carbocycles. The smallest absolute Gasteiger partial charge is 0.146 e. The van der Waals surface area contributed by atoms with E-state index >= 15 is 0 Å². The quantitative estimate of drug-likeness (QED) is 0.946. The van der Waals surface area contributed by atoms with Gasteiger partial charge in [0.15, 0.2) is 0 Å². The van der Waals surface area contributed by atoms with E-state index in [0.29, 0.717) is 17.1 Å². The lowest BCUT2D eigenvalue weighted by atomic mass is 10.0. The van der Waals surface area contributed by atoms with E-state index < -0.39 is 0 Å². The largest absolute Gasteiger partial charge is 0.371 e. The summed E-state index contributed by atoms with van der Waals surface area (Å²) >= 11 is 5.70. The summed E-state index contributed by atoms with van der Waals surface area (Å²) in [5.74, 6) is -0.369. The standard InChI is InChI=1S/C16H16ClFN2O/c17-13-8-14(18)15(20-9-13)7-11-1-3-12(4-2-11)16-10-19-5-6-21-16/h1-4,8-9,16,19H,5-7,10H2/t16-/m1/s1. The monoisotopic (exact) mass is 306 g/mol. The second kappa shape index (κ2) is 6.52. The van der Waals surface area contributed by atoms with Gasteiger partial charge in [-0.25, -0.2) is 4.39 Å². The fraction of sp³-hybridized carbons (Fsp3) is 0.312. The van der Waals surface area contributed by atoms with Gasteiger partial charge in [0.25, 0.3) is 0 Å². The molecule has 1 saturated heterocycles. The van der Waals surface area contributed by atoms with Crippen LogP contribution in [0.2, 0.25) is 5.02 Å². The van der Waals surface area contributed by atoms with Crippen molar-refractivity contribution >= 4 is 11.6 Å². The number of aromatic nitrogens is 1. The Morgan fingerprint density at radius 3 is 2.81 bits per heavy atom. The molecule has 1 atom stereocenters. The molecule has 1 aromatic heterocycles. The van der Waals surface area contributed by atoms with Crippen LogP contribution in [-0.4, -0.2) is 24.7 Å². The predicted molar refractivity (Wildman–Crippen MR) is 80.0 cm³/mol.